The number of hydrazine groups is 1. The molecule has 0 aliphatic rings. The van der Waals surface area contributed by atoms with E-state index < -0.39 is 0 Å². The van der Waals surface area contributed by atoms with Crippen molar-refractivity contribution in [2.24, 2.45) is 5.84 Å². The number of H-pyrrole nitrogens is 2. The van der Waals surface area contributed by atoms with E-state index in [-0.39, 0.29) is 5.69 Å². The van der Waals surface area contributed by atoms with Crippen LogP contribution in [-0.2, 0) is 6.54 Å². The standard InChI is InChI=1S/C22H18Cl2N8O/c23-13-2-1-12(15(24)7-13)11-31-20(5-6-28-31)19-9-21(16(25)10-27-19)32(26)14-3-4-17-18(8-14)30-22(33)29-17/h1-10H,11,25-26H2,(H2,29,30,33). The number of hydrogen-bond acceptors (Lipinski definition) is 6. The molecule has 3 heterocycles. The molecule has 0 saturated heterocycles. The monoisotopic (exact) mass is 480 g/mol. The summed E-state index contributed by atoms with van der Waals surface area (Å²) in [6, 6.07) is 14.3. The number of anilines is 3. The van der Waals surface area contributed by atoms with E-state index in [0.29, 0.717) is 50.4 Å². The predicted octanol–water partition coefficient (Wildman–Crippen LogP) is 4.06. The highest BCUT2D eigenvalue weighted by molar-refractivity contribution is 6.35. The Morgan fingerprint density at radius 1 is 1.03 bits per heavy atom. The fourth-order valence-corrected chi connectivity index (χ4v) is 4.07. The quantitative estimate of drug-likeness (QED) is 0.221. The van der Waals surface area contributed by atoms with E-state index in [9.17, 15) is 4.79 Å². The maximum atomic E-state index is 11.6. The summed E-state index contributed by atoms with van der Waals surface area (Å²) in [7, 11) is 0. The number of pyridine rings is 1. The lowest BCUT2D eigenvalue weighted by molar-refractivity contribution is 0.693. The van der Waals surface area contributed by atoms with E-state index in [0.717, 1.165) is 11.3 Å². The zero-order chi connectivity index (χ0) is 23.1. The number of imidazole rings is 1. The van der Waals surface area contributed by atoms with Crippen molar-refractivity contribution in [3.05, 3.63) is 87.0 Å². The summed E-state index contributed by atoms with van der Waals surface area (Å²) in [6.45, 7) is 0.434. The van der Waals surface area contributed by atoms with E-state index in [4.69, 9.17) is 34.8 Å². The van der Waals surface area contributed by atoms with Crippen molar-refractivity contribution in [2.45, 2.75) is 6.54 Å². The highest BCUT2D eigenvalue weighted by Gasteiger charge is 2.15. The van der Waals surface area contributed by atoms with Crippen LogP contribution in [0.15, 0.2) is 65.7 Å². The van der Waals surface area contributed by atoms with Crippen LogP contribution in [0.3, 0.4) is 0 Å². The van der Waals surface area contributed by atoms with Gasteiger partial charge in [-0.2, -0.15) is 5.10 Å². The Labute approximate surface area is 197 Å². The molecule has 0 spiro atoms. The zero-order valence-electron chi connectivity index (χ0n) is 17.1. The summed E-state index contributed by atoms with van der Waals surface area (Å²) in [4.78, 5) is 21.5. The molecule has 9 nitrogen and oxygen atoms in total. The molecule has 11 heteroatoms. The first kappa shape index (κ1) is 21.1. The second kappa shape index (κ2) is 8.28. The minimum absolute atomic E-state index is 0.287. The Balaban J connectivity index is 1.50. The van der Waals surface area contributed by atoms with Gasteiger partial charge in [-0.1, -0.05) is 29.3 Å². The topological polar surface area (TPSA) is 135 Å². The molecular weight excluding hydrogens is 463 g/mol. The molecule has 0 amide bonds. The van der Waals surface area contributed by atoms with Crippen LogP contribution in [0.1, 0.15) is 5.56 Å². The first-order valence-electron chi connectivity index (χ1n) is 9.87. The lowest BCUT2D eigenvalue weighted by Gasteiger charge is -2.21. The lowest BCUT2D eigenvalue weighted by atomic mass is 10.2. The van der Waals surface area contributed by atoms with Crippen LogP contribution in [0.2, 0.25) is 10.0 Å². The Bertz CT molecular complexity index is 1540. The van der Waals surface area contributed by atoms with Crippen molar-refractivity contribution >= 4 is 51.3 Å². The summed E-state index contributed by atoms with van der Waals surface area (Å²) < 4.78 is 1.79. The average molecular weight is 481 g/mol. The second-order valence-electron chi connectivity index (χ2n) is 7.42. The summed E-state index contributed by atoms with van der Waals surface area (Å²) in [5.74, 6) is 6.40. The lowest BCUT2D eigenvalue weighted by Crippen LogP contribution is -2.26. The summed E-state index contributed by atoms with van der Waals surface area (Å²) in [5, 5.41) is 6.99. The number of nitrogens with two attached hydrogens (primary N) is 2. The third-order valence-electron chi connectivity index (χ3n) is 5.26. The Morgan fingerprint density at radius 3 is 2.67 bits per heavy atom. The Morgan fingerprint density at radius 2 is 1.85 bits per heavy atom. The van der Waals surface area contributed by atoms with E-state index in [2.05, 4.69) is 20.1 Å². The summed E-state index contributed by atoms with van der Waals surface area (Å²) in [5.41, 5.74) is 11.1. The van der Waals surface area contributed by atoms with Crippen molar-refractivity contribution in [1.29, 1.82) is 0 Å². The maximum Gasteiger partial charge on any atom is 0.323 e. The largest absolute Gasteiger partial charge is 0.396 e. The van der Waals surface area contributed by atoms with Crippen LogP contribution < -0.4 is 22.3 Å². The molecule has 166 valence electrons. The molecule has 6 N–H and O–H groups in total. The Hall–Kier alpha value is -3.79. The predicted molar refractivity (Wildman–Crippen MR) is 131 cm³/mol. The normalized spacial score (nSPS) is 11.2. The van der Waals surface area contributed by atoms with Gasteiger partial charge in [-0.15, -0.1) is 0 Å². The third-order valence-corrected chi connectivity index (χ3v) is 5.85. The molecule has 0 bridgehead atoms. The smallest absolute Gasteiger partial charge is 0.323 e. The number of fused-ring (bicyclic) bond motifs is 1. The molecule has 0 aliphatic heterocycles. The van der Waals surface area contributed by atoms with Gasteiger partial charge in [0.2, 0.25) is 0 Å². The van der Waals surface area contributed by atoms with Gasteiger partial charge in [-0.25, -0.2) is 10.6 Å². The third kappa shape index (κ3) is 4.05. The van der Waals surface area contributed by atoms with Crippen molar-refractivity contribution in [3.8, 4) is 11.4 Å². The summed E-state index contributed by atoms with van der Waals surface area (Å²) >= 11 is 12.3. The van der Waals surface area contributed by atoms with Crippen molar-refractivity contribution in [2.75, 3.05) is 10.7 Å². The van der Waals surface area contributed by atoms with Gasteiger partial charge in [0, 0.05) is 16.2 Å². The van der Waals surface area contributed by atoms with E-state index >= 15 is 0 Å². The molecule has 5 rings (SSSR count). The molecule has 0 atom stereocenters. The van der Waals surface area contributed by atoms with Crippen LogP contribution in [0.5, 0.6) is 0 Å². The van der Waals surface area contributed by atoms with Gasteiger partial charge >= 0.3 is 5.69 Å². The van der Waals surface area contributed by atoms with Gasteiger partial charge in [0.1, 0.15) is 0 Å². The molecule has 2 aromatic carbocycles. The van der Waals surface area contributed by atoms with E-state index in [1.54, 1.807) is 53.5 Å². The minimum atomic E-state index is -0.287. The maximum absolute atomic E-state index is 11.6. The molecular formula is C22H18Cl2N8O. The van der Waals surface area contributed by atoms with Crippen LogP contribution >= 0.6 is 23.2 Å². The number of aromatic amines is 2. The first-order chi connectivity index (χ1) is 15.9. The molecule has 5 aromatic rings. The molecule has 33 heavy (non-hydrogen) atoms. The Kier molecular flexibility index (Phi) is 5.29. The van der Waals surface area contributed by atoms with Gasteiger partial charge in [0.15, 0.2) is 0 Å². The fraction of sp³-hybridized carbons (Fsp3) is 0.0455. The molecule has 0 saturated carbocycles. The SMILES string of the molecule is Nc1cnc(-c2ccnn2Cc2ccc(Cl)cc2Cl)cc1N(N)c1ccc2[nH]c(=O)[nH]c2c1. The van der Waals surface area contributed by atoms with Gasteiger partial charge < -0.3 is 15.7 Å². The highest BCUT2D eigenvalue weighted by Crippen LogP contribution is 2.32. The molecule has 3 aromatic heterocycles. The zero-order valence-corrected chi connectivity index (χ0v) is 18.6. The molecule has 0 unspecified atom stereocenters. The van der Waals surface area contributed by atoms with Gasteiger partial charge in [-0.3, -0.25) is 14.7 Å². The first-order valence-corrected chi connectivity index (χ1v) is 10.6. The number of rotatable bonds is 5. The van der Waals surface area contributed by atoms with Crippen LogP contribution in [0, 0.1) is 0 Å². The number of aromatic nitrogens is 5. The van der Waals surface area contributed by atoms with E-state index in [1.165, 1.54) is 5.01 Å². The van der Waals surface area contributed by atoms with Crippen LogP contribution in [-0.4, -0.2) is 24.7 Å². The van der Waals surface area contributed by atoms with Crippen molar-refractivity contribution in [3.63, 3.8) is 0 Å². The van der Waals surface area contributed by atoms with Gasteiger partial charge in [0.25, 0.3) is 0 Å². The van der Waals surface area contributed by atoms with Gasteiger partial charge in [0.05, 0.1) is 52.2 Å². The van der Waals surface area contributed by atoms with Crippen molar-refractivity contribution in [1.82, 2.24) is 24.7 Å². The van der Waals surface area contributed by atoms with Crippen LogP contribution in [0.25, 0.3) is 22.4 Å². The molecule has 0 aliphatic carbocycles. The highest BCUT2D eigenvalue weighted by atomic mass is 35.5. The van der Waals surface area contributed by atoms with Crippen molar-refractivity contribution < 1.29 is 0 Å². The molecule has 0 radical (unpaired) electrons. The number of benzene rings is 2. The summed E-state index contributed by atoms with van der Waals surface area (Å²) in [6.07, 6.45) is 3.24. The number of halogens is 2. The van der Waals surface area contributed by atoms with Crippen LogP contribution in [0.4, 0.5) is 17.1 Å². The number of hydrogen-bond donors (Lipinski definition) is 4. The number of nitrogens with zero attached hydrogens (tertiary/aromatic N) is 4. The molecule has 0 fully saturated rings. The minimum Gasteiger partial charge on any atom is -0.396 e. The average Bonchev–Trinajstić information content (AvgIpc) is 3.40. The second-order valence-corrected chi connectivity index (χ2v) is 8.26. The fourth-order valence-electron chi connectivity index (χ4n) is 3.60. The number of nitrogens with one attached hydrogen (secondary N) is 2. The number of nitrogen functional groups attached to an aromatic ring is 1. The van der Waals surface area contributed by atoms with E-state index in [1.807, 2.05) is 12.1 Å². The van der Waals surface area contributed by atoms with Gasteiger partial charge in [-0.05, 0) is 48.0 Å².